The van der Waals surface area contributed by atoms with Crippen molar-refractivity contribution in [2.24, 2.45) is 0 Å². The molecular weight excluding hydrogens is 228 g/mol. The Morgan fingerprint density at radius 3 is 2.36 bits per heavy atom. The minimum atomic E-state index is -3.01. The summed E-state index contributed by atoms with van der Waals surface area (Å²) in [6.07, 6.45) is 1.11. The molecular formula is C7H14O5S2. The van der Waals surface area contributed by atoms with Gasteiger partial charge < -0.3 is 10.2 Å². The van der Waals surface area contributed by atoms with Crippen molar-refractivity contribution < 1.29 is 23.4 Å². The number of carboxylic acid groups (broad SMARTS) is 1. The van der Waals surface area contributed by atoms with Crippen molar-refractivity contribution in [3.63, 3.8) is 0 Å². The maximum absolute atomic E-state index is 10.7. The molecule has 0 aromatic rings. The molecule has 0 aliphatic carbocycles. The Labute approximate surface area is 87.4 Å². The Morgan fingerprint density at radius 1 is 1.50 bits per heavy atom. The van der Waals surface area contributed by atoms with E-state index in [0.29, 0.717) is 5.75 Å². The standard InChI is InChI=1S/C7H14O5S2/c1-7(10,6(8)9)5-13-3-4-14(2,11)12/h10H,3-5H2,1-2H3,(H,8,9). The van der Waals surface area contributed by atoms with Gasteiger partial charge in [0.25, 0.3) is 0 Å². The number of rotatable bonds is 6. The van der Waals surface area contributed by atoms with Crippen LogP contribution in [0.4, 0.5) is 0 Å². The van der Waals surface area contributed by atoms with Crippen LogP contribution in [0.15, 0.2) is 0 Å². The maximum atomic E-state index is 10.7. The molecule has 0 saturated heterocycles. The highest BCUT2D eigenvalue weighted by Gasteiger charge is 2.29. The Hall–Kier alpha value is -0.270. The van der Waals surface area contributed by atoms with Gasteiger partial charge in [-0.15, -0.1) is 0 Å². The van der Waals surface area contributed by atoms with E-state index in [1.165, 1.54) is 6.92 Å². The van der Waals surface area contributed by atoms with Crippen molar-refractivity contribution in [2.45, 2.75) is 12.5 Å². The van der Waals surface area contributed by atoms with E-state index in [4.69, 9.17) is 5.11 Å². The quantitative estimate of drug-likeness (QED) is 0.616. The van der Waals surface area contributed by atoms with Gasteiger partial charge in [0.05, 0.1) is 5.75 Å². The van der Waals surface area contributed by atoms with Crippen molar-refractivity contribution in [3.05, 3.63) is 0 Å². The Morgan fingerprint density at radius 2 is 2.00 bits per heavy atom. The van der Waals surface area contributed by atoms with Crippen molar-refractivity contribution in [2.75, 3.05) is 23.5 Å². The molecule has 0 saturated carbocycles. The summed E-state index contributed by atoms with van der Waals surface area (Å²) >= 11 is 1.11. The molecule has 14 heavy (non-hydrogen) atoms. The monoisotopic (exact) mass is 242 g/mol. The lowest BCUT2D eigenvalue weighted by atomic mass is 10.1. The Balaban J connectivity index is 3.81. The number of carbonyl (C=O) groups is 1. The number of carboxylic acids is 1. The van der Waals surface area contributed by atoms with Crippen LogP contribution in [0.5, 0.6) is 0 Å². The van der Waals surface area contributed by atoms with Crippen LogP contribution in [0.3, 0.4) is 0 Å². The van der Waals surface area contributed by atoms with Gasteiger partial charge in [0, 0.05) is 17.8 Å². The van der Waals surface area contributed by atoms with E-state index in [-0.39, 0.29) is 11.5 Å². The summed E-state index contributed by atoms with van der Waals surface area (Å²) in [6.45, 7) is 1.18. The zero-order chi connectivity index (χ0) is 11.4. The average Bonchev–Trinajstić information content (AvgIpc) is 1.96. The molecule has 1 unspecified atom stereocenters. The van der Waals surface area contributed by atoms with Gasteiger partial charge in [-0.05, 0) is 6.92 Å². The molecule has 0 spiro atoms. The molecule has 0 aromatic heterocycles. The molecule has 0 aliphatic heterocycles. The molecule has 0 bridgehead atoms. The molecule has 0 rings (SSSR count). The normalized spacial score (nSPS) is 16.2. The third-order valence-corrected chi connectivity index (χ3v) is 3.91. The Kier molecular flexibility index (Phi) is 4.90. The van der Waals surface area contributed by atoms with Crippen LogP contribution in [-0.4, -0.2) is 53.7 Å². The number of sulfone groups is 1. The topological polar surface area (TPSA) is 91.7 Å². The molecule has 0 fully saturated rings. The first-order chi connectivity index (χ1) is 6.15. The summed E-state index contributed by atoms with van der Waals surface area (Å²) in [5.41, 5.74) is -1.79. The highest BCUT2D eigenvalue weighted by atomic mass is 32.2. The summed E-state index contributed by atoms with van der Waals surface area (Å²) in [6, 6.07) is 0. The fourth-order valence-electron chi connectivity index (χ4n) is 0.543. The van der Waals surface area contributed by atoms with Gasteiger partial charge in [-0.1, -0.05) is 0 Å². The van der Waals surface area contributed by atoms with Crippen LogP contribution >= 0.6 is 11.8 Å². The lowest BCUT2D eigenvalue weighted by Gasteiger charge is -2.16. The molecule has 0 amide bonds. The highest BCUT2D eigenvalue weighted by Crippen LogP contribution is 2.13. The van der Waals surface area contributed by atoms with E-state index in [0.717, 1.165) is 18.0 Å². The minimum absolute atomic E-state index is 0.00658. The first kappa shape index (κ1) is 13.7. The fraction of sp³-hybridized carbons (Fsp3) is 0.857. The largest absolute Gasteiger partial charge is 0.479 e. The molecule has 0 radical (unpaired) electrons. The van der Waals surface area contributed by atoms with Gasteiger partial charge in [-0.25, -0.2) is 13.2 Å². The van der Waals surface area contributed by atoms with Crippen LogP contribution in [0.2, 0.25) is 0 Å². The molecule has 0 aliphatic rings. The molecule has 0 aromatic carbocycles. The fourth-order valence-corrected chi connectivity index (χ4v) is 2.89. The van der Waals surface area contributed by atoms with Gasteiger partial charge in [0.1, 0.15) is 9.84 Å². The van der Waals surface area contributed by atoms with Gasteiger partial charge >= 0.3 is 5.97 Å². The summed E-state index contributed by atoms with van der Waals surface area (Å²) in [7, 11) is -3.01. The smallest absolute Gasteiger partial charge is 0.336 e. The zero-order valence-electron chi connectivity index (χ0n) is 8.06. The SMILES string of the molecule is CC(O)(CSCCS(C)(=O)=O)C(=O)O. The summed E-state index contributed by atoms with van der Waals surface area (Å²) < 4.78 is 21.4. The lowest BCUT2D eigenvalue weighted by molar-refractivity contribution is -0.154. The molecule has 5 nitrogen and oxygen atoms in total. The van der Waals surface area contributed by atoms with E-state index in [1.54, 1.807) is 0 Å². The van der Waals surface area contributed by atoms with E-state index in [2.05, 4.69) is 0 Å². The number of hydrogen-bond donors (Lipinski definition) is 2. The van der Waals surface area contributed by atoms with Crippen molar-refractivity contribution >= 4 is 27.6 Å². The van der Waals surface area contributed by atoms with Crippen LogP contribution in [-0.2, 0) is 14.6 Å². The second kappa shape index (κ2) is 4.99. The van der Waals surface area contributed by atoms with Gasteiger partial charge in [-0.2, -0.15) is 11.8 Å². The first-order valence-corrected chi connectivity index (χ1v) is 7.08. The number of aliphatic hydroxyl groups is 1. The van der Waals surface area contributed by atoms with Crippen molar-refractivity contribution in [1.29, 1.82) is 0 Å². The number of aliphatic carboxylic acids is 1. The van der Waals surface area contributed by atoms with Gasteiger partial charge in [0.2, 0.25) is 0 Å². The van der Waals surface area contributed by atoms with Gasteiger partial charge in [-0.3, -0.25) is 0 Å². The molecule has 7 heteroatoms. The summed E-state index contributed by atoms with van der Waals surface area (Å²) in [5.74, 6) is -1.03. The first-order valence-electron chi connectivity index (χ1n) is 3.86. The predicted octanol–water partition coefficient (Wildman–Crippen LogP) is -0.400. The van der Waals surface area contributed by atoms with Crippen molar-refractivity contribution in [1.82, 2.24) is 0 Å². The zero-order valence-corrected chi connectivity index (χ0v) is 9.69. The molecule has 2 N–H and O–H groups in total. The average molecular weight is 242 g/mol. The minimum Gasteiger partial charge on any atom is -0.479 e. The second-order valence-corrected chi connectivity index (χ2v) is 6.63. The summed E-state index contributed by atoms with van der Waals surface area (Å²) in [4.78, 5) is 10.4. The predicted molar refractivity (Wildman–Crippen MR) is 55.3 cm³/mol. The lowest BCUT2D eigenvalue weighted by Crippen LogP contribution is -2.37. The van der Waals surface area contributed by atoms with E-state index in [9.17, 15) is 18.3 Å². The summed E-state index contributed by atoms with van der Waals surface area (Å²) in [5, 5.41) is 17.8. The maximum Gasteiger partial charge on any atom is 0.336 e. The number of thioether (sulfide) groups is 1. The van der Waals surface area contributed by atoms with Crippen LogP contribution in [0.1, 0.15) is 6.92 Å². The van der Waals surface area contributed by atoms with Crippen LogP contribution in [0.25, 0.3) is 0 Å². The molecule has 84 valence electrons. The van der Waals surface area contributed by atoms with Crippen molar-refractivity contribution in [3.8, 4) is 0 Å². The van der Waals surface area contributed by atoms with Crippen LogP contribution < -0.4 is 0 Å². The number of hydrogen-bond acceptors (Lipinski definition) is 5. The highest BCUT2D eigenvalue weighted by molar-refractivity contribution is 8.00. The third-order valence-electron chi connectivity index (χ3n) is 1.44. The molecule has 0 heterocycles. The van der Waals surface area contributed by atoms with Gasteiger partial charge in [0.15, 0.2) is 5.60 Å². The third kappa shape index (κ3) is 6.22. The molecule has 1 atom stereocenters. The van der Waals surface area contributed by atoms with Crippen LogP contribution in [0, 0.1) is 0 Å². The second-order valence-electron chi connectivity index (χ2n) is 3.26. The van der Waals surface area contributed by atoms with E-state index >= 15 is 0 Å². The van der Waals surface area contributed by atoms with E-state index in [1.807, 2.05) is 0 Å². The Bertz CT molecular complexity index is 293. The van der Waals surface area contributed by atoms with E-state index < -0.39 is 21.4 Å².